The molecule has 2 N–H and O–H groups in total. The predicted octanol–water partition coefficient (Wildman–Crippen LogP) is 1.95. The number of carbonyl (C=O) groups is 1. The highest BCUT2D eigenvalue weighted by atomic mass is 35.5. The van der Waals surface area contributed by atoms with E-state index < -0.39 is 5.91 Å². The summed E-state index contributed by atoms with van der Waals surface area (Å²) in [6.45, 7) is 1.76. The summed E-state index contributed by atoms with van der Waals surface area (Å²) in [5.74, 6) is 0.588. The zero-order valence-corrected chi connectivity index (χ0v) is 9.15. The summed E-state index contributed by atoms with van der Waals surface area (Å²) in [6.07, 6.45) is 1.30. The van der Waals surface area contributed by atoms with Crippen LogP contribution in [-0.4, -0.2) is 21.1 Å². The third-order valence-corrected chi connectivity index (χ3v) is 2.10. The fraction of sp³-hybridized carbons (Fsp3) is 0.222. The quantitative estimate of drug-likeness (QED) is 0.803. The number of alkyl halides is 1. The molecule has 0 aromatic carbocycles. The second kappa shape index (κ2) is 4.36. The van der Waals surface area contributed by atoms with Crippen molar-refractivity contribution in [3.8, 4) is 0 Å². The highest BCUT2D eigenvalue weighted by Gasteiger charge is 2.14. The summed E-state index contributed by atoms with van der Waals surface area (Å²) in [7, 11) is 0. The van der Waals surface area contributed by atoms with Gasteiger partial charge in [-0.3, -0.25) is 10.1 Å². The van der Waals surface area contributed by atoms with Gasteiger partial charge >= 0.3 is 0 Å². The van der Waals surface area contributed by atoms with Gasteiger partial charge in [0, 0.05) is 0 Å². The summed E-state index contributed by atoms with van der Waals surface area (Å²) < 4.78 is 5.25. The monoisotopic (exact) mass is 240 g/mol. The van der Waals surface area contributed by atoms with Gasteiger partial charge in [-0.1, -0.05) is 0 Å². The van der Waals surface area contributed by atoms with Crippen LogP contribution >= 0.6 is 11.6 Å². The number of nitrogens with zero attached hydrogens (tertiary/aromatic N) is 2. The highest BCUT2D eigenvalue weighted by molar-refractivity contribution is 6.20. The van der Waals surface area contributed by atoms with Gasteiger partial charge in [-0.25, -0.2) is 5.10 Å². The second-order valence-corrected chi connectivity index (χ2v) is 3.76. The van der Waals surface area contributed by atoms with Crippen molar-refractivity contribution >= 4 is 23.5 Å². The van der Waals surface area contributed by atoms with Crippen molar-refractivity contribution < 1.29 is 9.21 Å². The van der Waals surface area contributed by atoms with E-state index in [-0.39, 0.29) is 17.1 Å². The number of aromatic nitrogens is 3. The van der Waals surface area contributed by atoms with Crippen LogP contribution in [0.15, 0.2) is 22.9 Å². The maximum Gasteiger partial charge on any atom is 0.293 e. The average Bonchev–Trinajstić information content (AvgIpc) is 2.86. The Morgan fingerprint density at radius 3 is 3.00 bits per heavy atom. The van der Waals surface area contributed by atoms with E-state index in [2.05, 4.69) is 20.5 Å². The lowest BCUT2D eigenvalue weighted by molar-refractivity contribution is 0.0994. The van der Waals surface area contributed by atoms with Gasteiger partial charge in [0.15, 0.2) is 5.76 Å². The van der Waals surface area contributed by atoms with Gasteiger partial charge in [-0.15, -0.1) is 11.6 Å². The molecule has 0 bridgehead atoms. The highest BCUT2D eigenvalue weighted by Crippen LogP contribution is 2.21. The average molecular weight is 241 g/mol. The molecular weight excluding hydrogens is 232 g/mol. The van der Waals surface area contributed by atoms with E-state index in [4.69, 9.17) is 16.0 Å². The van der Waals surface area contributed by atoms with Crippen molar-refractivity contribution in [3.05, 3.63) is 30.0 Å². The van der Waals surface area contributed by atoms with Crippen LogP contribution in [0.25, 0.3) is 0 Å². The number of nitrogens with one attached hydrogen (secondary N) is 2. The molecule has 1 atom stereocenters. The fourth-order valence-electron chi connectivity index (χ4n) is 1.12. The summed E-state index contributed by atoms with van der Waals surface area (Å²) in [5, 5.41) is 8.32. The zero-order chi connectivity index (χ0) is 11.5. The largest absolute Gasteiger partial charge is 0.454 e. The van der Waals surface area contributed by atoms with E-state index >= 15 is 0 Å². The van der Waals surface area contributed by atoms with Gasteiger partial charge in [0.2, 0.25) is 5.95 Å². The van der Waals surface area contributed by atoms with E-state index in [9.17, 15) is 4.79 Å². The molecule has 1 amide bonds. The van der Waals surface area contributed by atoms with Gasteiger partial charge in [0.05, 0.1) is 5.38 Å². The van der Waals surface area contributed by atoms with Gasteiger partial charge in [-0.05, 0) is 19.1 Å². The Morgan fingerprint density at radius 1 is 1.62 bits per heavy atom. The van der Waals surface area contributed by atoms with E-state index in [1.165, 1.54) is 6.33 Å². The maximum atomic E-state index is 11.6. The summed E-state index contributed by atoms with van der Waals surface area (Å²) in [5.41, 5.74) is 0. The summed E-state index contributed by atoms with van der Waals surface area (Å²) in [6, 6.07) is 3.22. The molecule has 0 saturated heterocycles. The van der Waals surface area contributed by atoms with E-state index in [1.807, 2.05) is 0 Å². The molecule has 84 valence electrons. The molecule has 6 nitrogen and oxygen atoms in total. The first kappa shape index (κ1) is 10.7. The molecule has 2 heterocycles. The van der Waals surface area contributed by atoms with Crippen LogP contribution in [0.2, 0.25) is 0 Å². The van der Waals surface area contributed by atoms with Crippen LogP contribution in [0.1, 0.15) is 28.6 Å². The molecule has 0 aliphatic rings. The Balaban J connectivity index is 2.09. The Kier molecular flexibility index (Phi) is 2.91. The number of aromatic amines is 1. The third-order valence-electron chi connectivity index (χ3n) is 1.89. The van der Waals surface area contributed by atoms with Crippen LogP contribution in [-0.2, 0) is 0 Å². The van der Waals surface area contributed by atoms with Crippen molar-refractivity contribution in [2.75, 3.05) is 5.32 Å². The van der Waals surface area contributed by atoms with Crippen LogP contribution < -0.4 is 5.32 Å². The first-order valence-electron chi connectivity index (χ1n) is 4.57. The molecule has 16 heavy (non-hydrogen) atoms. The van der Waals surface area contributed by atoms with Crippen LogP contribution in [0, 0.1) is 0 Å². The molecule has 0 spiro atoms. The van der Waals surface area contributed by atoms with E-state index in [0.29, 0.717) is 5.76 Å². The molecule has 2 rings (SSSR count). The first-order valence-corrected chi connectivity index (χ1v) is 5.01. The smallest absolute Gasteiger partial charge is 0.293 e. The molecule has 0 fully saturated rings. The molecular formula is C9H9ClN4O2. The number of halogens is 1. The maximum absolute atomic E-state index is 11.6. The summed E-state index contributed by atoms with van der Waals surface area (Å²) in [4.78, 5) is 15.4. The molecule has 2 aromatic rings. The SMILES string of the molecule is CC(Cl)c1ccc(C(=O)Nc2ncn[nH]2)o1. The number of amides is 1. The van der Waals surface area contributed by atoms with Gasteiger partial charge in [0.25, 0.3) is 5.91 Å². The normalized spacial score (nSPS) is 12.4. The fourth-order valence-corrected chi connectivity index (χ4v) is 1.24. The predicted molar refractivity (Wildman–Crippen MR) is 57.3 cm³/mol. The molecule has 2 aromatic heterocycles. The number of rotatable bonds is 3. The molecule has 0 aliphatic carbocycles. The Labute approximate surface area is 96.0 Å². The molecule has 1 unspecified atom stereocenters. The molecule has 0 radical (unpaired) electrons. The molecule has 0 saturated carbocycles. The number of hydrogen-bond acceptors (Lipinski definition) is 4. The lowest BCUT2D eigenvalue weighted by Crippen LogP contribution is -2.12. The Morgan fingerprint density at radius 2 is 2.44 bits per heavy atom. The van der Waals surface area contributed by atoms with Crippen LogP contribution in [0.3, 0.4) is 0 Å². The number of furan rings is 1. The topological polar surface area (TPSA) is 83.8 Å². The van der Waals surface area contributed by atoms with Crippen LogP contribution in [0.4, 0.5) is 5.95 Å². The van der Waals surface area contributed by atoms with E-state index in [0.717, 1.165) is 0 Å². The Bertz CT molecular complexity index is 477. The minimum Gasteiger partial charge on any atom is -0.454 e. The standard InChI is InChI=1S/C9H9ClN4O2/c1-5(10)6-2-3-7(16-6)8(15)13-9-11-4-12-14-9/h2-5H,1H3,(H2,11,12,13,14,15). The lowest BCUT2D eigenvalue weighted by Gasteiger charge is -1.98. The Hall–Kier alpha value is -1.82. The van der Waals surface area contributed by atoms with Crippen molar-refractivity contribution in [2.45, 2.75) is 12.3 Å². The number of carbonyl (C=O) groups excluding carboxylic acids is 1. The van der Waals surface area contributed by atoms with Crippen molar-refractivity contribution in [1.29, 1.82) is 0 Å². The van der Waals surface area contributed by atoms with Gasteiger partial charge in [0.1, 0.15) is 12.1 Å². The minimum absolute atomic E-state index is 0.180. The van der Waals surface area contributed by atoms with Gasteiger partial charge in [-0.2, -0.15) is 10.1 Å². The number of anilines is 1. The molecule has 0 aliphatic heterocycles. The number of H-pyrrole nitrogens is 1. The first-order chi connectivity index (χ1) is 7.66. The van der Waals surface area contributed by atoms with Crippen LogP contribution in [0.5, 0.6) is 0 Å². The van der Waals surface area contributed by atoms with Crippen molar-refractivity contribution in [3.63, 3.8) is 0 Å². The van der Waals surface area contributed by atoms with Crippen molar-refractivity contribution in [1.82, 2.24) is 15.2 Å². The van der Waals surface area contributed by atoms with Gasteiger partial charge < -0.3 is 4.42 Å². The number of hydrogen-bond donors (Lipinski definition) is 2. The zero-order valence-electron chi connectivity index (χ0n) is 8.40. The molecule has 7 heteroatoms. The third kappa shape index (κ3) is 2.22. The van der Waals surface area contributed by atoms with Crippen molar-refractivity contribution in [2.24, 2.45) is 0 Å². The van der Waals surface area contributed by atoms with E-state index in [1.54, 1.807) is 19.1 Å². The minimum atomic E-state index is -0.402. The summed E-state index contributed by atoms with van der Waals surface area (Å²) >= 11 is 5.81. The second-order valence-electron chi connectivity index (χ2n) is 3.11. The lowest BCUT2D eigenvalue weighted by atomic mass is 10.3.